The molecule has 11 aliphatic carbocycles. The van der Waals surface area contributed by atoms with Gasteiger partial charge in [-0.15, -0.1) is 0 Å². The number of allylic oxidation sites excluding steroid dienone is 4. The maximum absolute atomic E-state index is 13.0. The molecule has 106 heavy (non-hydrogen) atoms. The van der Waals surface area contributed by atoms with Gasteiger partial charge >= 0.3 is 0 Å². The van der Waals surface area contributed by atoms with Crippen molar-refractivity contribution < 1.29 is 76.6 Å². The second kappa shape index (κ2) is 11.4. The summed E-state index contributed by atoms with van der Waals surface area (Å²) in [5.74, 6) is -9.94. The van der Waals surface area contributed by atoms with Gasteiger partial charge in [-0.2, -0.15) is 0 Å². The Labute approximate surface area is 580 Å². The van der Waals surface area contributed by atoms with Crippen molar-refractivity contribution in [2.75, 3.05) is 0 Å². The fraction of sp³-hybridized carbons (Fsp3) is 0.0769. The molecule has 0 amide bonds. The van der Waals surface area contributed by atoms with Crippen LogP contribution in [-0.2, 0) is 27.1 Å². The Kier molecular flexibility index (Phi) is 5.11. The molecule has 0 heterocycles. The summed E-state index contributed by atoms with van der Waals surface area (Å²) >= 11 is 0. The van der Waals surface area contributed by atoms with E-state index >= 15 is 0 Å². The summed E-state index contributed by atoms with van der Waals surface area (Å²) in [7, 11) is 0. The van der Waals surface area contributed by atoms with E-state index in [-0.39, 0.29) is 0 Å². The standard InChI is InChI=1S/C91H28O15/c1-86-84-77-78-85(86)90(15-8-23(98)82(105)24(99)9-15)72-62-52-42-34-29-27-28-30-31(29)36-44(42)54-56-46(36)45-35(30)43-41-33(28)39-37-32(27)38-40(34)50(52)60-58-48(38)47(37)57-59-49(39)51(41)61-63-53(43)55(45)65-66(56)76(74(90)64(54)62)91(86,16-10-25(100)83(106)26(101)11-16)75(65)73(63)89(84,14-6-21(96)81(104)22(97)7-14)71(61)69(59)87(77,12-2-17(92)79(102)18(93)3-12)67(57)68(58)88(78,70(60)72)13-4-19(94)80(103)20(95)5-13/h2-11,92-106H,1H3. The first-order valence-electron chi connectivity index (χ1n) is 35.9. The fourth-order valence-electron chi connectivity index (χ4n) is 31.7. The van der Waals surface area contributed by atoms with Crippen LogP contribution in [0.5, 0.6) is 86.2 Å². The van der Waals surface area contributed by atoms with Crippen LogP contribution in [-0.4, -0.2) is 76.6 Å². The Morgan fingerprint density at radius 3 is 0.509 bits per heavy atom. The minimum atomic E-state index is -1.82. The molecule has 0 aliphatic heterocycles. The maximum Gasteiger partial charge on any atom is 0.200 e. The molecule has 15 heteroatoms. The van der Waals surface area contributed by atoms with Crippen molar-refractivity contribution in [1.82, 2.24) is 0 Å². The summed E-state index contributed by atoms with van der Waals surface area (Å²) in [6.45, 7) is 2.23. The molecule has 4 atom stereocenters. The predicted octanol–water partition coefficient (Wildman–Crippen LogP) is 17.1. The van der Waals surface area contributed by atoms with E-state index in [1.165, 1.54) is 53.9 Å². The summed E-state index contributed by atoms with van der Waals surface area (Å²) in [5, 5.41) is 233. The molecule has 4 unspecified atom stereocenters. The molecule has 26 aromatic carbocycles. The van der Waals surface area contributed by atoms with E-state index < -0.39 is 119 Å². The molecule has 0 aromatic heterocycles. The van der Waals surface area contributed by atoms with Gasteiger partial charge in [-0.25, -0.2) is 0 Å². The van der Waals surface area contributed by atoms with Crippen LogP contribution in [0, 0.1) is 5.41 Å². The number of hydrogen-bond acceptors (Lipinski definition) is 15. The third-order valence-electron chi connectivity index (χ3n) is 32.8. The average Bonchev–Trinajstić information content (AvgIpc) is 1.37. The zero-order valence-corrected chi connectivity index (χ0v) is 53.5. The summed E-state index contributed by atoms with van der Waals surface area (Å²) in [6.07, 6.45) is 0. The molecule has 0 saturated carbocycles. The number of aromatic hydroxyl groups is 15. The summed E-state index contributed by atoms with van der Waals surface area (Å²) in [6, 6.07) is 15.8. The maximum atomic E-state index is 13.0. The fourth-order valence-corrected chi connectivity index (χ4v) is 31.7. The molecule has 11 aliphatic rings. The number of hydrogen-bond donors (Lipinski definition) is 15. The van der Waals surface area contributed by atoms with Crippen molar-refractivity contribution in [3.63, 3.8) is 0 Å². The highest BCUT2D eigenvalue weighted by atomic mass is 16.3. The van der Waals surface area contributed by atoms with Gasteiger partial charge in [0.1, 0.15) is 0 Å². The quantitative estimate of drug-likeness (QED) is 0.0563. The van der Waals surface area contributed by atoms with Crippen LogP contribution >= 0.6 is 0 Å². The molecule has 0 saturated heterocycles. The Morgan fingerprint density at radius 2 is 0.311 bits per heavy atom. The first-order chi connectivity index (χ1) is 51.3. The monoisotopic (exact) mass is 1360 g/mol. The van der Waals surface area contributed by atoms with E-state index in [0.717, 1.165) is 217 Å². The van der Waals surface area contributed by atoms with Gasteiger partial charge in [0, 0.05) is 5.41 Å². The van der Waals surface area contributed by atoms with Crippen LogP contribution in [0.4, 0.5) is 0 Å². The van der Waals surface area contributed by atoms with Crippen molar-refractivity contribution in [3.05, 3.63) is 166 Å². The predicted molar refractivity (Wildman–Crippen MR) is 397 cm³/mol. The summed E-state index contributed by atoms with van der Waals surface area (Å²) in [4.78, 5) is 0. The lowest BCUT2D eigenvalue weighted by Crippen LogP contribution is -2.62. The number of rotatable bonds is 5. The second-order valence-electron chi connectivity index (χ2n) is 34.4. The zero-order valence-electron chi connectivity index (χ0n) is 53.5. The van der Waals surface area contributed by atoms with Gasteiger partial charge in [-0.3, -0.25) is 0 Å². The van der Waals surface area contributed by atoms with Crippen LogP contribution in [0.2, 0.25) is 0 Å². The average molecular weight is 1360 g/mol. The van der Waals surface area contributed by atoms with Gasteiger partial charge in [0.25, 0.3) is 0 Å². The van der Waals surface area contributed by atoms with Crippen LogP contribution in [0.25, 0.3) is 215 Å². The topological polar surface area (TPSA) is 303 Å². The lowest BCUT2D eigenvalue weighted by atomic mass is 9.34. The smallest absolute Gasteiger partial charge is 0.200 e. The van der Waals surface area contributed by atoms with E-state index in [2.05, 4.69) is 6.92 Å². The van der Waals surface area contributed by atoms with Crippen LogP contribution in [0.3, 0.4) is 0 Å². The second-order valence-corrected chi connectivity index (χ2v) is 34.4. The molecule has 0 fully saturated rings. The lowest BCUT2D eigenvalue weighted by Gasteiger charge is -2.65. The summed E-state index contributed by atoms with van der Waals surface area (Å²) < 4.78 is 0. The third-order valence-corrected chi connectivity index (χ3v) is 32.8. The van der Waals surface area contributed by atoms with E-state index in [1.54, 1.807) is 60.7 Å². The molecule has 0 radical (unpaired) electrons. The van der Waals surface area contributed by atoms with Crippen molar-refractivity contribution in [3.8, 4) is 86.2 Å². The highest BCUT2D eigenvalue weighted by Gasteiger charge is 2.86. The third kappa shape index (κ3) is 2.94. The molecule has 26 aromatic rings. The highest BCUT2D eigenvalue weighted by Crippen LogP contribution is 2.96. The van der Waals surface area contributed by atoms with Crippen molar-refractivity contribution in [1.29, 1.82) is 0 Å². The largest absolute Gasteiger partial charge is 0.504 e. The molecule has 37 rings (SSSR count). The van der Waals surface area contributed by atoms with E-state index in [4.69, 9.17) is 0 Å². The highest BCUT2D eigenvalue weighted by molar-refractivity contribution is 6.77. The molecular formula is C91H28O15. The van der Waals surface area contributed by atoms with Gasteiger partial charge in [-0.1, -0.05) is 6.92 Å². The molecule has 15 N–H and O–H groups in total. The minimum absolute atomic E-state index is 0.359. The van der Waals surface area contributed by atoms with Gasteiger partial charge in [0.05, 0.1) is 27.1 Å². The van der Waals surface area contributed by atoms with E-state index in [0.29, 0.717) is 50.1 Å². The Bertz CT molecular complexity index is 8920. The molecule has 0 spiro atoms. The number of benzene rings is 20. The Balaban J connectivity index is 1.02. The van der Waals surface area contributed by atoms with Gasteiger partial charge in [0.2, 0.25) is 0 Å². The lowest BCUT2D eigenvalue weighted by molar-refractivity contribution is 0.243. The molecule has 0 bridgehead atoms. The molecule has 482 valence electrons. The first-order valence-corrected chi connectivity index (χ1v) is 35.9. The van der Waals surface area contributed by atoms with Gasteiger partial charge < -0.3 is 76.6 Å². The zero-order chi connectivity index (χ0) is 68.8. The first kappa shape index (κ1) is 47.3. The molecule has 15 nitrogen and oxygen atoms in total. The van der Waals surface area contributed by atoms with Crippen LogP contribution in [0.15, 0.2) is 83.0 Å². The number of phenolic OH excluding ortho intramolecular Hbond substituents is 15. The van der Waals surface area contributed by atoms with E-state index in [9.17, 15) is 76.6 Å². The normalized spacial score (nSPS) is 25.2. The van der Waals surface area contributed by atoms with Crippen molar-refractivity contribution in [2.24, 2.45) is 5.41 Å². The minimum Gasteiger partial charge on any atom is -0.504 e. The van der Waals surface area contributed by atoms with Gasteiger partial charge in [-0.05, 0) is 382 Å². The Hall–Kier alpha value is -13.9. The van der Waals surface area contributed by atoms with Crippen LogP contribution < -0.4 is 0 Å². The Morgan fingerprint density at radius 1 is 0.170 bits per heavy atom. The van der Waals surface area contributed by atoms with Gasteiger partial charge in [0.15, 0.2) is 86.2 Å². The summed E-state index contributed by atoms with van der Waals surface area (Å²) in [5.41, 5.74) is 1.62. The molecular weight excluding hydrogens is 1330 g/mol. The van der Waals surface area contributed by atoms with Crippen LogP contribution in [0.1, 0.15) is 90.4 Å². The van der Waals surface area contributed by atoms with Crippen molar-refractivity contribution >= 4 is 215 Å². The van der Waals surface area contributed by atoms with Crippen molar-refractivity contribution in [2.45, 2.75) is 34.0 Å². The van der Waals surface area contributed by atoms with E-state index in [1.807, 2.05) is 0 Å². The SMILES string of the molecule is CC12C3=C4C5=C1C1(c6cc(O)c(O)c(O)c6)c6c7c8c9c(c%10c%11c%12c(c%13c%14c%15c(c%16c%17c%18c(c1c1c6c6c8c8c%19c9c%11c9c%11c%12c%14c%12c%14c%15c%17c%15c%17c%18c1c1c6c8c6c(c9%19)c(c%11%12)c(c%14%15)c6c1%17)C%162c1cc(O)c(O)c(O)c1)C3%13c1cc(O)c(O)c(O)c1)C4%10c1cc(O)c(O)c(O)c1)C57c1cc(O)c(O)c(O)c1. The number of phenols is 15.